The van der Waals surface area contributed by atoms with E-state index < -0.39 is 78.6 Å². The Morgan fingerprint density at radius 1 is 0.739 bits per heavy atom. The van der Waals surface area contributed by atoms with E-state index in [2.05, 4.69) is 0 Å². The molecule has 46 heavy (non-hydrogen) atoms. The Balaban J connectivity index is 1.99. The largest absolute Gasteiger partial charge is 0.468 e. The van der Waals surface area contributed by atoms with Crippen molar-refractivity contribution in [2.24, 2.45) is 0 Å². The molecule has 1 aliphatic heterocycles. The van der Waals surface area contributed by atoms with Gasteiger partial charge in [0.15, 0.2) is 23.7 Å². The second-order valence-corrected chi connectivity index (χ2v) is 9.52. The first-order valence-electron chi connectivity index (χ1n) is 13.5. The van der Waals surface area contributed by atoms with Crippen molar-refractivity contribution in [3.05, 3.63) is 58.7 Å². The van der Waals surface area contributed by atoms with Gasteiger partial charge in [-0.15, -0.1) is 0 Å². The lowest BCUT2D eigenvalue weighted by Gasteiger charge is -2.43. The molecule has 5 atom stereocenters. The molecule has 0 radical (unpaired) electrons. The van der Waals surface area contributed by atoms with Gasteiger partial charge in [0.05, 0.1) is 6.26 Å². The lowest BCUT2D eigenvalue weighted by molar-refractivity contribution is -0.288. The molecule has 0 amide bonds. The van der Waals surface area contributed by atoms with Gasteiger partial charge in [0, 0.05) is 46.8 Å². The number of rotatable bonds is 11. The molecule has 1 aromatic carbocycles. The molecule has 0 unspecified atom stereocenters. The lowest BCUT2D eigenvalue weighted by atomic mass is 9.98. The van der Waals surface area contributed by atoms with Crippen molar-refractivity contribution in [3.8, 4) is 17.2 Å². The highest BCUT2D eigenvalue weighted by Gasteiger charge is 2.53. The van der Waals surface area contributed by atoms with Crippen LogP contribution in [0.5, 0.6) is 17.2 Å². The van der Waals surface area contributed by atoms with E-state index in [0.29, 0.717) is 5.56 Å². The zero-order chi connectivity index (χ0) is 34.0. The highest BCUT2D eigenvalue weighted by atomic mass is 16.7. The minimum Gasteiger partial charge on any atom is -0.468 e. The van der Waals surface area contributed by atoms with Crippen LogP contribution in [0.25, 0.3) is 6.08 Å². The van der Waals surface area contributed by atoms with Crippen molar-refractivity contribution in [1.82, 2.24) is 0 Å². The molecule has 0 saturated carbocycles. The van der Waals surface area contributed by atoms with Crippen LogP contribution in [-0.4, -0.2) is 73.1 Å². The zero-order valence-electron chi connectivity index (χ0n) is 25.2. The Morgan fingerprint density at radius 3 is 2.00 bits per heavy atom. The number of carbonyl (C=O) groups is 6. The van der Waals surface area contributed by atoms with Crippen LogP contribution in [0.4, 0.5) is 0 Å². The van der Waals surface area contributed by atoms with Gasteiger partial charge in [-0.1, -0.05) is 6.07 Å². The fraction of sp³-hybridized carbons (Fsp3) is 0.367. The minimum atomic E-state index is -1.66. The van der Waals surface area contributed by atoms with Gasteiger partial charge in [-0.05, 0) is 23.8 Å². The van der Waals surface area contributed by atoms with Crippen LogP contribution in [0.1, 0.15) is 40.2 Å². The molecule has 0 N–H and O–H groups in total. The molecule has 16 nitrogen and oxygen atoms in total. The topological polar surface area (TPSA) is 206 Å². The van der Waals surface area contributed by atoms with Crippen LogP contribution in [0.15, 0.2) is 52.1 Å². The molecule has 2 aromatic rings. The number of hydrogen-bond acceptors (Lipinski definition) is 16. The summed E-state index contributed by atoms with van der Waals surface area (Å²) in [6.45, 7) is 4.98. The average Bonchev–Trinajstić information content (AvgIpc) is 2.95. The van der Waals surface area contributed by atoms with Crippen molar-refractivity contribution < 1.29 is 71.1 Å². The Labute approximate surface area is 261 Å². The molecule has 1 fully saturated rings. The molecule has 1 aliphatic rings. The van der Waals surface area contributed by atoms with Crippen molar-refractivity contribution in [3.63, 3.8) is 0 Å². The predicted molar refractivity (Wildman–Crippen MR) is 150 cm³/mol. The van der Waals surface area contributed by atoms with Crippen molar-refractivity contribution in [2.75, 3.05) is 6.61 Å². The summed E-state index contributed by atoms with van der Waals surface area (Å²) < 4.78 is 47.9. The van der Waals surface area contributed by atoms with Gasteiger partial charge < -0.3 is 42.3 Å². The number of ether oxygens (including phenoxy) is 8. The molecule has 0 bridgehead atoms. The highest BCUT2D eigenvalue weighted by molar-refractivity contribution is 5.87. The summed E-state index contributed by atoms with van der Waals surface area (Å²) in [5, 5.41) is 0. The maximum atomic E-state index is 13.1. The van der Waals surface area contributed by atoms with Crippen LogP contribution in [0.2, 0.25) is 0 Å². The number of benzene rings is 1. The van der Waals surface area contributed by atoms with E-state index in [0.717, 1.165) is 59.3 Å². The lowest BCUT2D eigenvalue weighted by Crippen LogP contribution is -2.63. The van der Waals surface area contributed by atoms with Gasteiger partial charge in [0.25, 0.3) is 0 Å². The van der Waals surface area contributed by atoms with Crippen LogP contribution >= 0.6 is 0 Å². The van der Waals surface area contributed by atoms with Gasteiger partial charge in [0.2, 0.25) is 23.6 Å². The van der Waals surface area contributed by atoms with E-state index in [-0.39, 0.29) is 17.2 Å². The fourth-order valence-electron chi connectivity index (χ4n) is 4.09. The number of hydrogen-bond donors (Lipinski definition) is 0. The van der Waals surface area contributed by atoms with E-state index in [9.17, 15) is 33.6 Å². The van der Waals surface area contributed by atoms with E-state index in [1.54, 1.807) is 0 Å². The summed E-state index contributed by atoms with van der Waals surface area (Å²) in [6, 6.07) is 5.13. The van der Waals surface area contributed by atoms with Crippen molar-refractivity contribution >= 4 is 41.9 Å². The molecule has 0 aliphatic carbocycles. The van der Waals surface area contributed by atoms with Crippen LogP contribution in [0, 0.1) is 0 Å². The average molecular weight is 647 g/mol. The summed E-state index contributed by atoms with van der Waals surface area (Å²) in [5.74, 6) is -5.40. The molecular formula is C30H30O16. The van der Waals surface area contributed by atoms with E-state index in [1.807, 2.05) is 0 Å². The Kier molecular flexibility index (Phi) is 12.2. The van der Waals surface area contributed by atoms with E-state index in [1.165, 1.54) is 24.3 Å². The van der Waals surface area contributed by atoms with Gasteiger partial charge in [-0.2, -0.15) is 0 Å². The Bertz CT molecular complexity index is 1560. The second kappa shape index (κ2) is 16.0. The maximum absolute atomic E-state index is 13.1. The van der Waals surface area contributed by atoms with Gasteiger partial charge in [-0.3, -0.25) is 28.8 Å². The summed E-state index contributed by atoms with van der Waals surface area (Å²) in [4.78, 5) is 84.2. The molecular weight excluding hydrogens is 616 g/mol. The van der Waals surface area contributed by atoms with Gasteiger partial charge in [-0.25, -0.2) is 4.79 Å². The molecule has 16 heteroatoms. The molecule has 0 spiro atoms. The van der Waals surface area contributed by atoms with E-state index >= 15 is 0 Å². The smallest absolute Gasteiger partial charge is 0.331 e. The summed E-state index contributed by atoms with van der Waals surface area (Å²) in [7, 11) is 0. The molecule has 2 heterocycles. The normalized spacial score (nSPS) is 20.6. The fourth-order valence-corrected chi connectivity index (χ4v) is 4.09. The first kappa shape index (κ1) is 35.0. The maximum Gasteiger partial charge on any atom is 0.331 e. The number of esters is 6. The highest BCUT2D eigenvalue weighted by Crippen LogP contribution is 2.31. The second-order valence-electron chi connectivity index (χ2n) is 9.52. The number of carbonyl (C=O) groups excluding carboxylic acids is 6. The standard InChI is InChI=1S/C30H30O16/c1-15(31)39-14-25-27(42-18(4)34)28(29(43-19(5)35)30(45-25)44-24-13-38-11-10-21(24)36)46-26(37)9-7-20-6-8-22(40-16(2)32)23(12-20)41-17(3)33/h6-13,25,27-30H,14H2,1-5H3/b9-7-/t25-,27-,28+,29-,30-/m1/s1. The van der Waals surface area contributed by atoms with Crippen LogP contribution in [0.3, 0.4) is 0 Å². The Morgan fingerprint density at radius 2 is 1.39 bits per heavy atom. The minimum absolute atomic E-state index is 0.0459. The third-order valence-electron chi connectivity index (χ3n) is 5.74. The van der Waals surface area contributed by atoms with Crippen molar-refractivity contribution in [2.45, 2.75) is 65.3 Å². The van der Waals surface area contributed by atoms with E-state index in [4.69, 9.17) is 42.3 Å². The molecule has 3 rings (SSSR count). The van der Waals surface area contributed by atoms with Crippen LogP contribution in [-0.2, 0) is 52.5 Å². The first-order valence-corrected chi connectivity index (χ1v) is 13.5. The van der Waals surface area contributed by atoms with Gasteiger partial charge in [0.1, 0.15) is 19.0 Å². The Hall–Kier alpha value is -5.51. The quantitative estimate of drug-likeness (QED) is 0.147. The summed E-state index contributed by atoms with van der Waals surface area (Å²) in [6.07, 6.45) is -3.53. The summed E-state index contributed by atoms with van der Waals surface area (Å²) in [5.41, 5.74) is -0.340. The third-order valence-corrected chi connectivity index (χ3v) is 5.74. The first-order chi connectivity index (χ1) is 21.7. The molecule has 1 saturated heterocycles. The SMILES string of the molecule is CC(=O)OC[C@H]1O[C@@H](Oc2coccc2=O)[C@H](OC(C)=O)[C@@H](OC(=O)/C=C\c2ccc(OC(C)=O)c(OC(C)=O)c2)[C@@H]1OC(C)=O. The predicted octanol–water partition coefficient (Wildman–Crippen LogP) is 1.65. The monoisotopic (exact) mass is 646 g/mol. The van der Waals surface area contributed by atoms with Crippen molar-refractivity contribution in [1.29, 1.82) is 0 Å². The zero-order valence-corrected chi connectivity index (χ0v) is 25.2. The van der Waals surface area contributed by atoms with Crippen LogP contribution < -0.4 is 19.6 Å². The third kappa shape index (κ3) is 10.3. The van der Waals surface area contributed by atoms with Gasteiger partial charge >= 0.3 is 35.8 Å². The summed E-state index contributed by atoms with van der Waals surface area (Å²) >= 11 is 0. The molecule has 1 aromatic heterocycles. The molecule has 246 valence electrons.